The molecule has 1 heterocycles. The monoisotopic (exact) mass is 248 g/mol. The third-order valence-corrected chi connectivity index (χ3v) is 3.06. The summed E-state index contributed by atoms with van der Waals surface area (Å²) in [6, 6.07) is 8.07. The quantitative estimate of drug-likeness (QED) is 0.819. The van der Waals surface area contributed by atoms with E-state index >= 15 is 0 Å². The SMILES string of the molecule is CCc1cccc(Oc2nc(C(C)C)ns2)c1. The molecule has 0 spiro atoms. The Morgan fingerprint density at radius 2 is 2.18 bits per heavy atom. The fraction of sp³-hybridized carbons (Fsp3) is 0.385. The van der Waals surface area contributed by atoms with Crippen LogP contribution in [0.1, 0.15) is 38.1 Å². The minimum Gasteiger partial charge on any atom is -0.430 e. The van der Waals surface area contributed by atoms with Gasteiger partial charge < -0.3 is 4.74 Å². The molecule has 0 amide bonds. The Kier molecular flexibility index (Phi) is 3.74. The topological polar surface area (TPSA) is 35.0 Å². The highest BCUT2D eigenvalue weighted by Crippen LogP contribution is 2.25. The number of rotatable bonds is 4. The molecule has 0 aliphatic heterocycles. The first-order chi connectivity index (χ1) is 8.19. The Hall–Kier alpha value is -1.42. The summed E-state index contributed by atoms with van der Waals surface area (Å²) >= 11 is 1.30. The lowest BCUT2D eigenvalue weighted by molar-refractivity contribution is 0.475. The molecule has 0 aliphatic rings. The maximum absolute atomic E-state index is 5.70. The average Bonchev–Trinajstić information content (AvgIpc) is 2.78. The number of nitrogens with zero attached hydrogens (tertiary/aromatic N) is 2. The average molecular weight is 248 g/mol. The zero-order chi connectivity index (χ0) is 12.3. The largest absolute Gasteiger partial charge is 0.430 e. The van der Waals surface area contributed by atoms with Gasteiger partial charge in [-0.1, -0.05) is 32.9 Å². The van der Waals surface area contributed by atoms with E-state index in [-0.39, 0.29) is 0 Å². The Balaban J connectivity index is 2.13. The molecule has 0 unspecified atom stereocenters. The number of aromatic nitrogens is 2. The number of ether oxygens (including phenoxy) is 1. The number of hydrogen-bond donors (Lipinski definition) is 0. The van der Waals surface area contributed by atoms with E-state index in [9.17, 15) is 0 Å². The van der Waals surface area contributed by atoms with Gasteiger partial charge in [-0.05, 0) is 24.1 Å². The van der Waals surface area contributed by atoms with Crippen molar-refractivity contribution in [3.63, 3.8) is 0 Å². The molecule has 0 atom stereocenters. The molecule has 0 saturated carbocycles. The third-order valence-electron chi connectivity index (χ3n) is 2.45. The minimum absolute atomic E-state index is 0.338. The van der Waals surface area contributed by atoms with E-state index in [1.54, 1.807) is 0 Å². The number of benzene rings is 1. The molecular formula is C13H16N2OS. The molecule has 0 saturated heterocycles. The van der Waals surface area contributed by atoms with Gasteiger partial charge >= 0.3 is 0 Å². The second-order valence-corrected chi connectivity index (χ2v) is 4.89. The van der Waals surface area contributed by atoms with Crippen molar-refractivity contribution in [3.8, 4) is 10.9 Å². The predicted octanol–water partition coefficient (Wildman–Crippen LogP) is 4.02. The summed E-state index contributed by atoms with van der Waals surface area (Å²) in [5.41, 5.74) is 1.26. The minimum atomic E-state index is 0.338. The molecule has 0 N–H and O–H groups in total. The highest BCUT2D eigenvalue weighted by atomic mass is 32.1. The van der Waals surface area contributed by atoms with Crippen molar-refractivity contribution >= 4 is 11.5 Å². The van der Waals surface area contributed by atoms with Gasteiger partial charge in [-0.2, -0.15) is 9.36 Å². The van der Waals surface area contributed by atoms with E-state index in [2.05, 4.69) is 36.2 Å². The fourth-order valence-electron chi connectivity index (χ4n) is 1.43. The molecule has 90 valence electrons. The number of hydrogen-bond acceptors (Lipinski definition) is 4. The molecule has 0 fully saturated rings. The summed E-state index contributed by atoms with van der Waals surface area (Å²) in [5, 5.41) is 0.613. The van der Waals surface area contributed by atoms with Crippen molar-refractivity contribution in [1.29, 1.82) is 0 Å². The van der Waals surface area contributed by atoms with Crippen LogP contribution in [0.2, 0.25) is 0 Å². The Morgan fingerprint density at radius 3 is 2.82 bits per heavy atom. The van der Waals surface area contributed by atoms with Gasteiger partial charge in [0.05, 0.1) is 0 Å². The molecule has 2 aromatic rings. The molecule has 2 rings (SSSR count). The van der Waals surface area contributed by atoms with Crippen molar-refractivity contribution in [2.24, 2.45) is 0 Å². The second-order valence-electron chi connectivity index (χ2n) is 4.18. The van der Waals surface area contributed by atoms with Crippen LogP contribution in [0.5, 0.6) is 10.9 Å². The molecule has 0 radical (unpaired) electrons. The zero-order valence-electron chi connectivity index (χ0n) is 10.3. The smallest absolute Gasteiger partial charge is 0.298 e. The van der Waals surface area contributed by atoms with Gasteiger partial charge in [-0.25, -0.2) is 0 Å². The lowest BCUT2D eigenvalue weighted by atomic mass is 10.2. The van der Waals surface area contributed by atoms with Crippen molar-refractivity contribution in [1.82, 2.24) is 9.36 Å². The Bertz CT molecular complexity index is 494. The van der Waals surface area contributed by atoms with Crippen LogP contribution in [0.25, 0.3) is 0 Å². The summed E-state index contributed by atoms with van der Waals surface area (Å²) < 4.78 is 9.96. The van der Waals surface area contributed by atoms with Gasteiger partial charge in [0.2, 0.25) is 0 Å². The van der Waals surface area contributed by atoms with E-state index in [0.717, 1.165) is 18.0 Å². The molecular weight excluding hydrogens is 232 g/mol. The highest BCUT2D eigenvalue weighted by Gasteiger charge is 2.09. The molecule has 0 aliphatic carbocycles. The van der Waals surface area contributed by atoms with Crippen LogP contribution in [-0.2, 0) is 6.42 Å². The Morgan fingerprint density at radius 1 is 1.35 bits per heavy atom. The molecule has 17 heavy (non-hydrogen) atoms. The van der Waals surface area contributed by atoms with E-state index < -0.39 is 0 Å². The lowest BCUT2D eigenvalue weighted by Gasteiger charge is -2.02. The molecule has 0 bridgehead atoms. The van der Waals surface area contributed by atoms with Crippen LogP contribution >= 0.6 is 11.5 Å². The van der Waals surface area contributed by atoms with Crippen LogP contribution in [0.15, 0.2) is 24.3 Å². The van der Waals surface area contributed by atoms with Crippen LogP contribution in [0.4, 0.5) is 0 Å². The van der Waals surface area contributed by atoms with Gasteiger partial charge in [0, 0.05) is 17.5 Å². The summed E-state index contributed by atoms with van der Waals surface area (Å²) in [7, 11) is 0. The van der Waals surface area contributed by atoms with Crippen molar-refractivity contribution < 1.29 is 4.74 Å². The van der Waals surface area contributed by atoms with Gasteiger partial charge in [0.15, 0.2) is 0 Å². The standard InChI is InChI=1S/C13H16N2OS/c1-4-10-6-5-7-11(8-10)16-13-14-12(9(2)3)15-17-13/h5-9H,4H2,1-3H3. The summed E-state index contributed by atoms with van der Waals surface area (Å²) in [4.78, 5) is 4.35. The maximum atomic E-state index is 5.70. The molecule has 1 aromatic heterocycles. The normalized spacial score (nSPS) is 10.8. The van der Waals surface area contributed by atoms with Crippen LogP contribution < -0.4 is 4.74 Å². The van der Waals surface area contributed by atoms with Gasteiger partial charge in [-0.3, -0.25) is 0 Å². The Labute approximate surface area is 106 Å². The van der Waals surface area contributed by atoms with Crippen LogP contribution in [0.3, 0.4) is 0 Å². The third kappa shape index (κ3) is 3.03. The van der Waals surface area contributed by atoms with E-state index in [1.165, 1.54) is 17.1 Å². The molecule has 3 nitrogen and oxygen atoms in total. The van der Waals surface area contributed by atoms with Gasteiger partial charge in [-0.15, -0.1) is 0 Å². The maximum Gasteiger partial charge on any atom is 0.298 e. The number of aryl methyl sites for hydroxylation is 1. The van der Waals surface area contributed by atoms with E-state index in [4.69, 9.17) is 4.74 Å². The predicted molar refractivity (Wildman–Crippen MR) is 69.9 cm³/mol. The van der Waals surface area contributed by atoms with Crippen LogP contribution in [-0.4, -0.2) is 9.36 Å². The van der Waals surface area contributed by atoms with Gasteiger partial charge in [0.25, 0.3) is 5.19 Å². The first-order valence-electron chi connectivity index (χ1n) is 5.79. The lowest BCUT2D eigenvalue weighted by Crippen LogP contribution is -1.90. The highest BCUT2D eigenvalue weighted by molar-refractivity contribution is 7.07. The second kappa shape index (κ2) is 5.27. The first-order valence-corrected chi connectivity index (χ1v) is 6.56. The summed E-state index contributed by atoms with van der Waals surface area (Å²) in [6.45, 7) is 6.27. The summed E-state index contributed by atoms with van der Waals surface area (Å²) in [5.74, 6) is 2.01. The van der Waals surface area contributed by atoms with Crippen molar-refractivity contribution in [2.75, 3.05) is 0 Å². The molecule has 4 heteroatoms. The molecule has 1 aromatic carbocycles. The summed E-state index contributed by atoms with van der Waals surface area (Å²) in [6.07, 6.45) is 1.00. The van der Waals surface area contributed by atoms with Crippen molar-refractivity contribution in [2.45, 2.75) is 33.1 Å². The van der Waals surface area contributed by atoms with Crippen molar-refractivity contribution in [3.05, 3.63) is 35.7 Å². The van der Waals surface area contributed by atoms with Gasteiger partial charge in [0.1, 0.15) is 11.6 Å². The fourth-order valence-corrected chi connectivity index (χ4v) is 2.12. The van der Waals surface area contributed by atoms with Crippen LogP contribution in [0, 0.1) is 0 Å². The zero-order valence-corrected chi connectivity index (χ0v) is 11.1. The first kappa shape index (κ1) is 12.0. The van der Waals surface area contributed by atoms with E-state index in [1.807, 2.05) is 18.2 Å². The van der Waals surface area contributed by atoms with E-state index in [0.29, 0.717) is 11.1 Å².